The van der Waals surface area contributed by atoms with Gasteiger partial charge in [-0.15, -0.1) is 0 Å². The van der Waals surface area contributed by atoms with E-state index in [0.717, 1.165) is 0 Å². The minimum absolute atomic E-state index is 0.153. The number of nitriles is 1. The first-order chi connectivity index (χ1) is 4.58. The third kappa shape index (κ3) is 1.92. The molecule has 0 atom stereocenters. The molecule has 56 valence electrons. The van der Waals surface area contributed by atoms with Gasteiger partial charge >= 0.3 is 0 Å². The van der Waals surface area contributed by atoms with Crippen molar-refractivity contribution in [3.8, 4) is 6.07 Å². The number of hydrogen-bond acceptors (Lipinski definition) is 4. The van der Waals surface area contributed by atoms with Crippen LogP contribution in [0, 0.1) is 11.3 Å². The maximum absolute atomic E-state index is 8.44. The third-order valence-electron chi connectivity index (χ3n) is 1.29. The summed E-state index contributed by atoms with van der Waals surface area (Å²) in [5, 5.41) is 19.7. The van der Waals surface area contributed by atoms with Crippen LogP contribution in [0.1, 0.15) is 13.8 Å². The molecule has 0 aliphatic rings. The summed E-state index contributed by atoms with van der Waals surface area (Å²) >= 11 is 1.47. The van der Waals surface area contributed by atoms with Gasteiger partial charge < -0.3 is 5.21 Å². The molecule has 0 fully saturated rings. The van der Waals surface area contributed by atoms with Gasteiger partial charge in [-0.1, -0.05) is 5.16 Å². The number of hydrogen-bond donors (Lipinski definition) is 1. The third-order valence-corrected chi connectivity index (χ3v) is 2.50. The second-order valence-electron chi connectivity index (χ2n) is 2.27. The highest BCUT2D eigenvalue weighted by Gasteiger charge is 2.24. The van der Waals surface area contributed by atoms with Gasteiger partial charge in [0.1, 0.15) is 6.07 Å². The highest BCUT2D eigenvalue weighted by Crippen LogP contribution is 2.22. The van der Waals surface area contributed by atoms with Gasteiger partial charge in [0.2, 0.25) is 0 Å². The molecule has 0 saturated heterocycles. The van der Waals surface area contributed by atoms with Crippen LogP contribution < -0.4 is 0 Å². The van der Waals surface area contributed by atoms with Crippen LogP contribution in [0.2, 0.25) is 0 Å². The molecule has 0 bridgehead atoms. The molecule has 0 amide bonds. The molecule has 0 aromatic heterocycles. The van der Waals surface area contributed by atoms with Crippen LogP contribution in [0.3, 0.4) is 0 Å². The van der Waals surface area contributed by atoms with E-state index in [1.807, 2.05) is 26.2 Å². The van der Waals surface area contributed by atoms with Gasteiger partial charge in [0.05, 0.1) is 4.75 Å². The molecular formula is C6H10N2OS. The summed E-state index contributed by atoms with van der Waals surface area (Å²) < 4.78 is -0.385. The summed E-state index contributed by atoms with van der Waals surface area (Å²) in [6.45, 7) is 3.66. The quantitative estimate of drug-likeness (QED) is 0.376. The summed E-state index contributed by atoms with van der Waals surface area (Å²) in [5.74, 6) is 0. The molecule has 0 unspecified atom stereocenters. The fraction of sp³-hybridized carbons (Fsp3) is 0.667. The Balaban J connectivity index is 4.48. The van der Waals surface area contributed by atoms with Crippen molar-refractivity contribution in [3.05, 3.63) is 0 Å². The summed E-state index contributed by atoms with van der Waals surface area (Å²) in [6, 6.07) is 1.82. The average molecular weight is 158 g/mol. The fourth-order valence-corrected chi connectivity index (χ4v) is 0.654. The van der Waals surface area contributed by atoms with Crippen LogP contribution in [0.5, 0.6) is 0 Å². The van der Waals surface area contributed by atoms with Gasteiger partial charge in [-0.3, -0.25) is 0 Å². The van der Waals surface area contributed by atoms with Crippen molar-refractivity contribution in [2.45, 2.75) is 18.6 Å². The molecule has 10 heavy (non-hydrogen) atoms. The normalized spacial score (nSPS) is 12.8. The first kappa shape index (κ1) is 9.31. The minimum Gasteiger partial charge on any atom is -0.410 e. The Morgan fingerprint density at radius 3 is 2.30 bits per heavy atom. The zero-order chi connectivity index (χ0) is 8.20. The van der Waals surface area contributed by atoms with E-state index in [0.29, 0.717) is 0 Å². The smallest absolute Gasteiger partial charge is 0.172 e. The van der Waals surface area contributed by atoms with Crippen molar-refractivity contribution < 1.29 is 5.21 Å². The second kappa shape index (κ2) is 3.47. The lowest BCUT2D eigenvalue weighted by molar-refractivity contribution is 0.317. The van der Waals surface area contributed by atoms with Gasteiger partial charge in [-0.2, -0.15) is 17.0 Å². The van der Waals surface area contributed by atoms with Gasteiger partial charge in [-0.05, 0) is 20.1 Å². The molecule has 4 heteroatoms. The highest BCUT2D eigenvalue weighted by atomic mass is 32.2. The van der Waals surface area contributed by atoms with Crippen LogP contribution in [0.15, 0.2) is 5.16 Å². The van der Waals surface area contributed by atoms with Crippen LogP contribution in [-0.2, 0) is 0 Å². The molecule has 0 radical (unpaired) electrons. The standard InChI is InChI=1S/C6H10N2OS/c1-6(2,10-3)5(4-7)8-9/h9H,1-3H3. The van der Waals surface area contributed by atoms with Crippen molar-refractivity contribution >= 4 is 17.5 Å². The number of oxime groups is 1. The molecular weight excluding hydrogens is 148 g/mol. The van der Waals surface area contributed by atoms with Crippen LogP contribution in [-0.4, -0.2) is 21.9 Å². The molecule has 1 N–H and O–H groups in total. The molecule has 0 aromatic rings. The zero-order valence-corrected chi connectivity index (χ0v) is 7.07. The summed E-state index contributed by atoms with van der Waals surface area (Å²) in [4.78, 5) is 0. The van der Waals surface area contributed by atoms with Crippen LogP contribution in [0.25, 0.3) is 0 Å². The van der Waals surface area contributed by atoms with Gasteiger partial charge in [0, 0.05) is 0 Å². The van der Waals surface area contributed by atoms with E-state index >= 15 is 0 Å². The van der Waals surface area contributed by atoms with Crippen molar-refractivity contribution in [1.82, 2.24) is 0 Å². The number of rotatable bonds is 2. The summed E-state index contributed by atoms with van der Waals surface area (Å²) in [5.41, 5.74) is 0.153. The number of thioether (sulfide) groups is 1. The lowest BCUT2D eigenvalue weighted by Crippen LogP contribution is -2.25. The van der Waals surface area contributed by atoms with E-state index < -0.39 is 0 Å². The Labute approximate surface area is 64.7 Å². The van der Waals surface area contributed by atoms with E-state index in [4.69, 9.17) is 10.5 Å². The van der Waals surface area contributed by atoms with Crippen molar-refractivity contribution in [2.24, 2.45) is 5.16 Å². The van der Waals surface area contributed by atoms with E-state index in [1.165, 1.54) is 11.8 Å². The maximum atomic E-state index is 8.44. The minimum atomic E-state index is -0.385. The predicted octanol–water partition coefficient (Wildman–Crippen LogP) is 1.48. The molecule has 0 aliphatic heterocycles. The Bertz CT molecular complexity index is 181. The molecule has 0 aliphatic carbocycles. The Morgan fingerprint density at radius 2 is 2.20 bits per heavy atom. The van der Waals surface area contributed by atoms with Crippen molar-refractivity contribution in [3.63, 3.8) is 0 Å². The van der Waals surface area contributed by atoms with Crippen LogP contribution >= 0.6 is 11.8 Å². The molecule has 3 nitrogen and oxygen atoms in total. The Morgan fingerprint density at radius 1 is 1.70 bits per heavy atom. The highest BCUT2D eigenvalue weighted by molar-refractivity contribution is 8.00. The van der Waals surface area contributed by atoms with Crippen molar-refractivity contribution in [1.29, 1.82) is 5.26 Å². The molecule has 0 spiro atoms. The average Bonchev–Trinajstić information content (AvgIpc) is 1.90. The van der Waals surface area contributed by atoms with Crippen LogP contribution in [0.4, 0.5) is 0 Å². The Kier molecular flexibility index (Phi) is 3.23. The van der Waals surface area contributed by atoms with Crippen molar-refractivity contribution in [2.75, 3.05) is 6.26 Å². The topological polar surface area (TPSA) is 56.4 Å². The zero-order valence-electron chi connectivity index (χ0n) is 6.25. The van der Waals surface area contributed by atoms with Gasteiger partial charge in [0.15, 0.2) is 5.71 Å². The monoisotopic (exact) mass is 158 g/mol. The molecule has 0 heterocycles. The molecule has 0 rings (SSSR count). The lowest BCUT2D eigenvalue weighted by Gasteiger charge is -2.17. The lowest BCUT2D eigenvalue weighted by atomic mass is 10.1. The fourth-order valence-electron chi connectivity index (χ4n) is 0.374. The SMILES string of the molecule is CSC(C)(C)C(C#N)=NO. The Hall–Kier alpha value is -0.690. The van der Waals surface area contributed by atoms with E-state index in [9.17, 15) is 0 Å². The maximum Gasteiger partial charge on any atom is 0.172 e. The summed E-state index contributed by atoms with van der Waals surface area (Å²) in [6.07, 6.45) is 1.86. The van der Waals surface area contributed by atoms with Gasteiger partial charge in [0.25, 0.3) is 0 Å². The predicted molar refractivity (Wildman–Crippen MR) is 42.4 cm³/mol. The molecule has 0 saturated carbocycles. The van der Waals surface area contributed by atoms with Gasteiger partial charge in [-0.25, -0.2) is 0 Å². The second-order valence-corrected chi connectivity index (χ2v) is 3.70. The first-order valence-corrected chi connectivity index (χ1v) is 3.98. The van der Waals surface area contributed by atoms with E-state index in [-0.39, 0.29) is 10.5 Å². The van der Waals surface area contributed by atoms with E-state index in [1.54, 1.807) is 0 Å². The first-order valence-electron chi connectivity index (χ1n) is 2.76. The largest absolute Gasteiger partial charge is 0.410 e. The van der Waals surface area contributed by atoms with E-state index in [2.05, 4.69) is 5.16 Å². The molecule has 0 aromatic carbocycles. The summed E-state index contributed by atoms with van der Waals surface area (Å²) in [7, 11) is 0. The number of nitrogens with zero attached hydrogens (tertiary/aromatic N) is 2.